The number of hydrogen-bond acceptors (Lipinski definition) is 1. The van der Waals surface area contributed by atoms with Crippen LogP contribution >= 0.6 is 0 Å². The highest BCUT2D eigenvalue weighted by Gasteiger charge is 2.36. The lowest BCUT2D eigenvalue weighted by atomic mass is 9.91. The van der Waals surface area contributed by atoms with Crippen molar-refractivity contribution in [3.63, 3.8) is 0 Å². The Balaban J connectivity index is 1.83. The van der Waals surface area contributed by atoms with Crippen molar-refractivity contribution < 1.29 is 0 Å². The van der Waals surface area contributed by atoms with E-state index in [0.717, 1.165) is 5.92 Å². The molecule has 1 aliphatic heterocycles. The van der Waals surface area contributed by atoms with Gasteiger partial charge in [-0.2, -0.15) is 0 Å². The van der Waals surface area contributed by atoms with E-state index in [9.17, 15) is 0 Å². The average molecular weight is 281 g/mol. The van der Waals surface area contributed by atoms with Gasteiger partial charge in [0, 0.05) is 18.2 Å². The van der Waals surface area contributed by atoms with E-state index in [1.807, 2.05) is 0 Å². The summed E-state index contributed by atoms with van der Waals surface area (Å²) in [5.74, 6) is 1.37. The third-order valence-electron chi connectivity index (χ3n) is 5.07. The number of allylic oxidation sites excluding steroid dienone is 2. The molecular weight excluding hydrogens is 254 g/mol. The van der Waals surface area contributed by atoms with Crippen LogP contribution in [-0.2, 0) is 0 Å². The number of nitrogens with zero attached hydrogens (tertiary/aromatic N) is 1. The van der Waals surface area contributed by atoms with Crippen molar-refractivity contribution in [1.82, 2.24) is 0 Å². The van der Waals surface area contributed by atoms with E-state index in [2.05, 4.69) is 67.3 Å². The zero-order valence-electron chi connectivity index (χ0n) is 13.3. The lowest BCUT2D eigenvalue weighted by Crippen LogP contribution is -2.36. The minimum absolute atomic E-state index is 0.531. The molecule has 3 rings (SSSR count). The molecule has 0 radical (unpaired) electrons. The topological polar surface area (TPSA) is 3.24 Å². The van der Waals surface area contributed by atoms with Crippen molar-refractivity contribution in [1.29, 1.82) is 0 Å². The molecule has 3 unspecified atom stereocenters. The molecule has 1 heteroatoms. The van der Waals surface area contributed by atoms with Crippen LogP contribution in [-0.4, -0.2) is 12.6 Å². The molecule has 1 aromatic rings. The van der Waals surface area contributed by atoms with Crippen molar-refractivity contribution in [3.05, 3.63) is 54.1 Å². The van der Waals surface area contributed by atoms with Crippen LogP contribution in [0.2, 0.25) is 0 Å². The molecule has 0 spiro atoms. The van der Waals surface area contributed by atoms with E-state index < -0.39 is 0 Å². The number of benzene rings is 1. The number of hydrogen-bond donors (Lipinski definition) is 0. The Morgan fingerprint density at radius 3 is 2.71 bits per heavy atom. The molecule has 0 N–H and O–H groups in total. The maximum absolute atomic E-state index is 2.66. The molecule has 1 aromatic carbocycles. The lowest BCUT2D eigenvalue weighted by Gasteiger charge is -2.32. The fourth-order valence-corrected chi connectivity index (χ4v) is 3.79. The first-order valence-electron chi connectivity index (χ1n) is 8.55. The van der Waals surface area contributed by atoms with Crippen molar-refractivity contribution in [3.8, 4) is 0 Å². The normalized spacial score (nSPS) is 24.0. The van der Waals surface area contributed by atoms with Crippen molar-refractivity contribution in [2.24, 2.45) is 5.92 Å². The molecule has 0 fully saturated rings. The Labute approximate surface area is 129 Å². The quantitative estimate of drug-likeness (QED) is 0.684. The van der Waals surface area contributed by atoms with E-state index in [-0.39, 0.29) is 0 Å². The third-order valence-corrected chi connectivity index (χ3v) is 5.07. The van der Waals surface area contributed by atoms with Gasteiger partial charge in [0.15, 0.2) is 0 Å². The highest BCUT2D eigenvalue weighted by Crippen LogP contribution is 2.44. The fraction of sp³-hybridized carbons (Fsp3) is 0.500. The Bertz CT molecular complexity index is 528. The lowest BCUT2D eigenvalue weighted by molar-refractivity contribution is 0.438. The van der Waals surface area contributed by atoms with Crippen molar-refractivity contribution >= 4 is 5.69 Å². The third kappa shape index (κ3) is 2.79. The predicted molar refractivity (Wildman–Crippen MR) is 91.9 cm³/mol. The number of anilines is 1. The van der Waals surface area contributed by atoms with Gasteiger partial charge >= 0.3 is 0 Å². The molecule has 1 heterocycles. The van der Waals surface area contributed by atoms with Crippen LogP contribution in [0.15, 0.2) is 48.6 Å². The smallest absolute Gasteiger partial charge is 0.0580 e. The largest absolute Gasteiger partial charge is 0.364 e. The standard InChI is InChI=1S/C20H27N/c1-3-5-10-16(4-2)15-21-19-13-8-6-11-17(19)18-12-7-9-14-20(18)21/h6-9,11-14,16-17,19H,3-5,10,15H2,1-2H3. The van der Waals surface area contributed by atoms with E-state index >= 15 is 0 Å². The van der Waals surface area contributed by atoms with Crippen LogP contribution in [0.3, 0.4) is 0 Å². The van der Waals surface area contributed by atoms with Crippen LogP contribution in [0.1, 0.15) is 51.0 Å². The number of unbranched alkanes of at least 4 members (excludes halogenated alkanes) is 1. The van der Waals surface area contributed by atoms with Crippen molar-refractivity contribution in [2.45, 2.75) is 51.5 Å². The van der Waals surface area contributed by atoms with Gasteiger partial charge < -0.3 is 4.90 Å². The summed E-state index contributed by atoms with van der Waals surface area (Å²) in [7, 11) is 0. The SMILES string of the molecule is CCCCC(CC)CN1c2ccccc2C2C=CC=CC21. The molecule has 0 amide bonds. The molecule has 112 valence electrons. The van der Waals surface area contributed by atoms with Gasteiger partial charge in [-0.15, -0.1) is 0 Å². The molecule has 0 aromatic heterocycles. The van der Waals surface area contributed by atoms with Crippen LogP contribution in [0.25, 0.3) is 0 Å². The summed E-state index contributed by atoms with van der Waals surface area (Å²) in [6, 6.07) is 9.51. The average Bonchev–Trinajstić information content (AvgIpc) is 2.86. The van der Waals surface area contributed by atoms with E-state index in [1.54, 1.807) is 0 Å². The van der Waals surface area contributed by atoms with Gasteiger partial charge in [-0.1, -0.05) is 75.6 Å². The van der Waals surface area contributed by atoms with Gasteiger partial charge in [0.1, 0.15) is 0 Å². The van der Waals surface area contributed by atoms with Crippen LogP contribution in [0.5, 0.6) is 0 Å². The first kappa shape index (κ1) is 14.4. The second-order valence-corrected chi connectivity index (χ2v) is 6.41. The van der Waals surface area contributed by atoms with Gasteiger partial charge in [0.2, 0.25) is 0 Å². The minimum Gasteiger partial charge on any atom is -0.364 e. The second kappa shape index (κ2) is 6.51. The first-order chi connectivity index (χ1) is 10.3. The van der Waals surface area contributed by atoms with Gasteiger partial charge in [-0.25, -0.2) is 0 Å². The van der Waals surface area contributed by atoms with Gasteiger partial charge in [-0.05, 0) is 24.0 Å². The highest BCUT2D eigenvalue weighted by molar-refractivity contribution is 5.65. The van der Waals surface area contributed by atoms with E-state index in [4.69, 9.17) is 0 Å². The zero-order chi connectivity index (χ0) is 14.7. The number of para-hydroxylation sites is 1. The van der Waals surface area contributed by atoms with Crippen LogP contribution < -0.4 is 4.90 Å². The van der Waals surface area contributed by atoms with Crippen molar-refractivity contribution in [2.75, 3.05) is 11.4 Å². The molecule has 1 nitrogen and oxygen atoms in total. The monoisotopic (exact) mass is 281 g/mol. The summed E-state index contributed by atoms with van der Waals surface area (Å²) >= 11 is 0. The summed E-state index contributed by atoms with van der Waals surface area (Å²) in [6.07, 6.45) is 14.5. The summed E-state index contributed by atoms with van der Waals surface area (Å²) in [5, 5.41) is 0. The fourth-order valence-electron chi connectivity index (χ4n) is 3.79. The van der Waals surface area contributed by atoms with Crippen LogP contribution in [0.4, 0.5) is 5.69 Å². The number of rotatable bonds is 6. The molecule has 0 bridgehead atoms. The van der Waals surface area contributed by atoms with Gasteiger partial charge in [0.05, 0.1) is 6.04 Å². The van der Waals surface area contributed by atoms with E-state index in [1.165, 1.54) is 43.5 Å². The zero-order valence-corrected chi connectivity index (χ0v) is 13.3. The molecule has 2 aliphatic rings. The molecule has 0 saturated heterocycles. The summed E-state index contributed by atoms with van der Waals surface area (Å²) < 4.78 is 0. The first-order valence-corrected chi connectivity index (χ1v) is 8.55. The molecule has 3 atom stereocenters. The Kier molecular flexibility index (Phi) is 4.48. The van der Waals surface area contributed by atoms with Gasteiger partial charge in [0.25, 0.3) is 0 Å². The van der Waals surface area contributed by atoms with Crippen LogP contribution in [0, 0.1) is 5.92 Å². The summed E-state index contributed by atoms with van der Waals surface area (Å²) in [5.41, 5.74) is 2.96. The second-order valence-electron chi connectivity index (χ2n) is 6.41. The predicted octanol–water partition coefficient (Wildman–Crippen LogP) is 5.30. The maximum Gasteiger partial charge on any atom is 0.0580 e. The summed E-state index contributed by atoms with van der Waals surface area (Å²) in [4.78, 5) is 2.66. The highest BCUT2D eigenvalue weighted by atomic mass is 15.2. The molecule has 21 heavy (non-hydrogen) atoms. The molecular formula is C20H27N. The number of fused-ring (bicyclic) bond motifs is 3. The minimum atomic E-state index is 0.531. The van der Waals surface area contributed by atoms with E-state index in [0.29, 0.717) is 12.0 Å². The molecule has 1 aliphatic carbocycles. The Hall–Kier alpha value is -1.50. The Morgan fingerprint density at radius 2 is 1.90 bits per heavy atom. The maximum atomic E-state index is 2.66. The van der Waals surface area contributed by atoms with Gasteiger partial charge in [-0.3, -0.25) is 0 Å². The Morgan fingerprint density at radius 1 is 1.10 bits per heavy atom. The molecule has 0 saturated carbocycles. The summed E-state index contributed by atoms with van der Waals surface area (Å²) in [6.45, 7) is 5.84.